The molecule has 5 rings (SSSR count). The van der Waals surface area contributed by atoms with Gasteiger partial charge in [0.1, 0.15) is 5.54 Å². The fourth-order valence-electron chi connectivity index (χ4n) is 5.72. The largest absolute Gasteiger partial charge is 0.393 e. The molecular formula is C28H40F2N8O3. The molecule has 1 saturated carbocycles. The average Bonchev–Trinajstić information content (AvgIpc) is 3.58. The number of carbonyl (C=O) groups excluding carboxylic acids is 1. The molecule has 41 heavy (non-hydrogen) atoms. The number of halogens is 2. The highest BCUT2D eigenvalue weighted by Crippen LogP contribution is 2.38. The van der Waals surface area contributed by atoms with Crippen LogP contribution in [-0.2, 0) is 15.1 Å². The first kappa shape index (κ1) is 29.3. The molecule has 1 amide bonds. The van der Waals surface area contributed by atoms with E-state index in [0.717, 1.165) is 48.3 Å². The third kappa shape index (κ3) is 6.36. The summed E-state index contributed by atoms with van der Waals surface area (Å²) in [6.07, 6.45) is 8.15. The molecule has 0 spiro atoms. The van der Waals surface area contributed by atoms with E-state index in [9.17, 15) is 18.7 Å². The molecule has 2 N–H and O–H groups in total. The van der Waals surface area contributed by atoms with Crippen LogP contribution >= 0.6 is 0 Å². The van der Waals surface area contributed by atoms with Gasteiger partial charge in [0.2, 0.25) is 11.9 Å². The maximum absolute atomic E-state index is 13.5. The summed E-state index contributed by atoms with van der Waals surface area (Å²) in [5.41, 5.74) is 2.63. The number of alkyl halides is 2. The fraction of sp³-hybridized carbons (Fsp3) is 0.643. The minimum atomic E-state index is -2.84. The second-order valence-electron chi connectivity index (χ2n) is 11.8. The summed E-state index contributed by atoms with van der Waals surface area (Å²) >= 11 is 0. The Bertz CT molecular complexity index is 1340. The Morgan fingerprint density at radius 2 is 1.88 bits per heavy atom. The molecular weight excluding hydrogens is 534 g/mol. The van der Waals surface area contributed by atoms with E-state index in [4.69, 9.17) is 5.10 Å². The normalized spacial score (nSPS) is 21.5. The van der Waals surface area contributed by atoms with Crippen LogP contribution in [0.3, 0.4) is 0 Å². The van der Waals surface area contributed by atoms with E-state index < -0.39 is 18.2 Å². The number of hydrogen-bond donors (Lipinski definition) is 2. The number of aliphatic hydroxyl groups is 1. The molecule has 224 valence electrons. The van der Waals surface area contributed by atoms with Gasteiger partial charge in [0, 0.05) is 61.2 Å². The predicted octanol–water partition coefficient (Wildman–Crippen LogP) is 3.16. The van der Waals surface area contributed by atoms with Gasteiger partial charge in [-0.3, -0.25) is 9.48 Å². The second kappa shape index (κ2) is 12.0. The zero-order chi connectivity index (χ0) is 29.3. The molecule has 1 saturated heterocycles. The summed E-state index contributed by atoms with van der Waals surface area (Å²) in [6.45, 7) is 5.55. The van der Waals surface area contributed by atoms with Gasteiger partial charge in [-0.25, -0.2) is 9.50 Å². The number of ether oxygens (including phenoxy) is 1. The van der Waals surface area contributed by atoms with Crippen LogP contribution in [0.4, 0.5) is 14.7 Å². The molecule has 3 aromatic heterocycles. The van der Waals surface area contributed by atoms with Crippen molar-refractivity contribution in [3.05, 3.63) is 30.4 Å². The van der Waals surface area contributed by atoms with Crippen LogP contribution in [0.15, 0.2) is 24.7 Å². The topological polar surface area (TPSA) is 113 Å². The smallest absolute Gasteiger partial charge is 0.345 e. The summed E-state index contributed by atoms with van der Waals surface area (Å²) in [6, 6.07) is 1.67. The predicted molar refractivity (Wildman–Crippen MR) is 150 cm³/mol. The Morgan fingerprint density at radius 3 is 2.56 bits per heavy atom. The molecule has 3 aromatic rings. The summed E-state index contributed by atoms with van der Waals surface area (Å²) in [7, 11) is 2.06. The third-order valence-corrected chi connectivity index (χ3v) is 8.29. The first-order valence-corrected chi connectivity index (χ1v) is 14.3. The van der Waals surface area contributed by atoms with Gasteiger partial charge in [-0.05, 0) is 59.6 Å². The summed E-state index contributed by atoms with van der Waals surface area (Å²) < 4.78 is 33.0. The van der Waals surface area contributed by atoms with Crippen molar-refractivity contribution in [2.45, 2.75) is 76.7 Å². The summed E-state index contributed by atoms with van der Waals surface area (Å²) in [5, 5.41) is 22.5. The van der Waals surface area contributed by atoms with E-state index in [1.807, 2.05) is 29.5 Å². The number of hydrogen-bond acceptors (Lipinski definition) is 8. The zero-order valence-corrected chi connectivity index (χ0v) is 24.1. The highest BCUT2D eigenvalue weighted by molar-refractivity contribution is 5.85. The third-order valence-electron chi connectivity index (χ3n) is 8.29. The number of carbonyl (C=O) groups is 1. The molecule has 0 unspecified atom stereocenters. The van der Waals surface area contributed by atoms with Crippen molar-refractivity contribution in [3.63, 3.8) is 0 Å². The number of nitrogens with zero attached hydrogens (tertiary/aromatic N) is 7. The van der Waals surface area contributed by atoms with Gasteiger partial charge in [0.05, 0.1) is 30.6 Å². The molecule has 2 aliphatic rings. The number of nitrogens with one attached hydrogen (secondary N) is 1. The van der Waals surface area contributed by atoms with E-state index >= 15 is 0 Å². The van der Waals surface area contributed by atoms with Crippen molar-refractivity contribution >= 4 is 17.4 Å². The van der Waals surface area contributed by atoms with Gasteiger partial charge < -0.3 is 25.0 Å². The van der Waals surface area contributed by atoms with Gasteiger partial charge >= 0.3 is 6.61 Å². The molecule has 1 aliphatic carbocycles. The quantitative estimate of drug-likeness (QED) is 0.401. The number of likely N-dealkylation sites (N-methyl/N-ethyl adjacent to an activating group) is 1. The molecule has 0 bridgehead atoms. The Hall–Kier alpha value is -3.16. The fourth-order valence-corrected chi connectivity index (χ4v) is 5.72. The molecule has 11 nitrogen and oxygen atoms in total. The molecule has 13 heteroatoms. The van der Waals surface area contributed by atoms with Gasteiger partial charge in [-0.2, -0.15) is 13.9 Å². The van der Waals surface area contributed by atoms with Crippen molar-refractivity contribution in [1.29, 1.82) is 0 Å². The van der Waals surface area contributed by atoms with Crippen molar-refractivity contribution in [3.8, 4) is 11.1 Å². The SMILES string of the molecule is C[C@@H](COC(F)F)Nc1ncc2c(-c3cnn(C(C)(C)C(=O)N4CCN(C)CC4)c3)cc([C@H]3CC[C@H](O)CC3)n2n1. The zero-order valence-electron chi connectivity index (χ0n) is 24.1. The first-order valence-electron chi connectivity index (χ1n) is 14.3. The average molecular weight is 575 g/mol. The molecule has 0 aromatic carbocycles. The van der Waals surface area contributed by atoms with E-state index in [0.29, 0.717) is 31.9 Å². The lowest BCUT2D eigenvalue weighted by atomic mass is 9.85. The highest BCUT2D eigenvalue weighted by Gasteiger charge is 2.36. The molecule has 0 radical (unpaired) electrons. The Morgan fingerprint density at radius 1 is 1.17 bits per heavy atom. The Labute approximate surface area is 238 Å². The number of aromatic nitrogens is 5. The number of aliphatic hydroxyl groups excluding tert-OH is 1. The first-order chi connectivity index (χ1) is 19.5. The Kier molecular flexibility index (Phi) is 8.57. The van der Waals surface area contributed by atoms with Crippen LogP contribution in [0.2, 0.25) is 0 Å². The number of amides is 1. The van der Waals surface area contributed by atoms with Crippen molar-refractivity contribution in [1.82, 2.24) is 34.2 Å². The van der Waals surface area contributed by atoms with Crippen molar-refractivity contribution in [2.24, 2.45) is 0 Å². The number of anilines is 1. The second-order valence-corrected chi connectivity index (χ2v) is 11.8. The van der Waals surface area contributed by atoms with Crippen LogP contribution in [0.5, 0.6) is 0 Å². The van der Waals surface area contributed by atoms with Gasteiger partial charge in [-0.15, -0.1) is 5.10 Å². The van der Waals surface area contributed by atoms with Crippen LogP contribution in [0.1, 0.15) is 58.1 Å². The van der Waals surface area contributed by atoms with Crippen molar-refractivity contribution < 1.29 is 23.4 Å². The number of rotatable bonds is 9. The van der Waals surface area contributed by atoms with E-state index in [2.05, 4.69) is 38.2 Å². The maximum Gasteiger partial charge on any atom is 0.345 e. The summed E-state index contributed by atoms with van der Waals surface area (Å²) in [5.74, 6) is 0.524. The molecule has 2 fully saturated rings. The maximum atomic E-state index is 13.5. The molecule has 1 aliphatic heterocycles. The van der Waals surface area contributed by atoms with Crippen LogP contribution in [0, 0.1) is 0 Å². The van der Waals surface area contributed by atoms with Gasteiger partial charge in [0.25, 0.3) is 0 Å². The van der Waals surface area contributed by atoms with E-state index in [1.165, 1.54) is 0 Å². The van der Waals surface area contributed by atoms with E-state index in [1.54, 1.807) is 24.0 Å². The van der Waals surface area contributed by atoms with Crippen LogP contribution in [-0.4, -0.2) is 104 Å². The minimum absolute atomic E-state index is 0.0347. The lowest BCUT2D eigenvalue weighted by Gasteiger charge is -2.37. The van der Waals surface area contributed by atoms with E-state index in [-0.39, 0.29) is 24.5 Å². The molecule has 4 heterocycles. The lowest BCUT2D eigenvalue weighted by molar-refractivity contribution is -0.141. The van der Waals surface area contributed by atoms with Gasteiger partial charge in [-0.1, -0.05) is 0 Å². The summed E-state index contributed by atoms with van der Waals surface area (Å²) in [4.78, 5) is 22.1. The van der Waals surface area contributed by atoms with Crippen LogP contribution < -0.4 is 5.32 Å². The monoisotopic (exact) mass is 574 g/mol. The minimum Gasteiger partial charge on any atom is -0.393 e. The van der Waals surface area contributed by atoms with Crippen molar-refractivity contribution in [2.75, 3.05) is 45.2 Å². The number of fused-ring (bicyclic) bond motifs is 1. The Balaban J connectivity index is 1.45. The lowest BCUT2D eigenvalue weighted by Crippen LogP contribution is -2.54. The number of piperazine rings is 1. The van der Waals surface area contributed by atoms with Crippen LogP contribution in [0.25, 0.3) is 16.6 Å². The molecule has 1 atom stereocenters. The standard InChI is InChI=1S/C28H40F2N8O3/c1-18(17-41-26(29)30)33-27-31-15-24-22(13-23(38(24)34-27)19-5-7-21(39)8-6-19)20-14-32-37(16-20)28(2,3)25(40)36-11-9-35(4)10-12-36/h13-16,18-19,21,26,39H,5-12,17H2,1-4H3,(H,33,34)/t18-,19-,21-/m0/s1. The van der Waals surface area contributed by atoms with Gasteiger partial charge in [0.15, 0.2) is 0 Å². The highest BCUT2D eigenvalue weighted by atomic mass is 19.3.